The van der Waals surface area contributed by atoms with Gasteiger partial charge >= 0.3 is 0 Å². The van der Waals surface area contributed by atoms with Crippen LogP contribution >= 0.6 is 0 Å². The number of aryl methyl sites for hydroxylation is 1. The van der Waals surface area contributed by atoms with Crippen molar-refractivity contribution in [2.45, 2.75) is 45.4 Å². The molecule has 0 atom stereocenters. The van der Waals surface area contributed by atoms with Crippen LogP contribution in [0.2, 0.25) is 0 Å². The third-order valence-electron chi connectivity index (χ3n) is 4.22. The summed E-state index contributed by atoms with van der Waals surface area (Å²) in [5.74, 6) is 0.915. The van der Waals surface area contributed by atoms with Gasteiger partial charge in [-0.25, -0.2) is 4.98 Å². The first-order chi connectivity index (χ1) is 10.3. The van der Waals surface area contributed by atoms with Gasteiger partial charge in [-0.1, -0.05) is 25.5 Å². The van der Waals surface area contributed by atoms with Crippen molar-refractivity contribution in [3.05, 3.63) is 29.5 Å². The Morgan fingerprint density at radius 2 is 2.05 bits per heavy atom. The van der Waals surface area contributed by atoms with Gasteiger partial charge in [0.1, 0.15) is 11.3 Å². The lowest BCUT2D eigenvalue weighted by Crippen LogP contribution is -2.05. The van der Waals surface area contributed by atoms with Crippen LogP contribution in [0.5, 0.6) is 5.75 Å². The van der Waals surface area contributed by atoms with Gasteiger partial charge in [-0.05, 0) is 43.7 Å². The van der Waals surface area contributed by atoms with Crippen LogP contribution < -0.4 is 10.1 Å². The molecular formula is C18H24N2O. The molecule has 0 saturated carbocycles. The molecule has 0 aliphatic heterocycles. The predicted molar refractivity (Wildman–Crippen MR) is 88.3 cm³/mol. The minimum Gasteiger partial charge on any atom is -0.491 e. The molecule has 0 radical (unpaired) electrons. The molecule has 1 heterocycles. The van der Waals surface area contributed by atoms with Gasteiger partial charge in [-0.3, -0.25) is 0 Å². The highest BCUT2D eigenvalue weighted by Gasteiger charge is 2.18. The molecule has 3 rings (SSSR count). The molecule has 2 aromatic rings. The number of nitrogens with zero attached hydrogens (tertiary/aromatic N) is 1. The fourth-order valence-corrected chi connectivity index (χ4v) is 3.21. The van der Waals surface area contributed by atoms with Crippen LogP contribution in [0.15, 0.2) is 18.2 Å². The van der Waals surface area contributed by atoms with Crippen LogP contribution in [0.3, 0.4) is 0 Å². The summed E-state index contributed by atoms with van der Waals surface area (Å²) in [4.78, 5) is 4.97. The van der Waals surface area contributed by atoms with E-state index >= 15 is 0 Å². The number of benzene rings is 1. The molecule has 0 unspecified atom stereocenters. The van der Waals surface area contributed by atoms with E-state index < -0.39 is 0 Å². The fraction of sp³-hybridized carbons (Fsp3) is 0.500. The Balaban J connectivity index is 2.19. The van der Waals surface area contributed by atoms with Crippen LogP contribution in [0, 0.1) is 0 Å². The zero-order valence-electron chi connectivity index (χ0n) is 13.0. The SMILES string of the molecule is CCCOc1cccc2c(NC)c3c(nc12)CCCCC3. The molecule has 0 saturated heterocycles. The molecule has 1 aromatic heterocycles. The molecule has 3 nitrogen and oxygen atoms in total. The maximum absolute atomic E-state index is 5.90. The van der Waals surface area contributed by atoms with Crippen LogP contribution in [0.25, 0.3) is 10.9 Å². The van der Waals surface area contributed by atoms with Crippen molar-refractivity contribution in [1.82, 2.24) is 4.98 Å². The van der Waals surface area contributed by atoms with E-state index in [4.69, 9.17) is 9.72 Å². The zero-order valence-corrected chi connectivity index (χ0v) is 13.0. The number of aromatic nitrogens is 1. The first-order valence-electron chi connectivity index (χ1n) is 8.10. The largest absolute Gasteiger partial charge is 0.491 e. The van der Waals surface area contributed by atoms with Crippen molar-refractivity contribution < 1.29 is 4.74 Å². The molecular weight excluding hydrogens is 260 g/mol. The van der Waals surface area contributed by atoms with E-state index in [0.717, 1.165) is 37.1 Å². The second kappa shape index (κ2) is 6.33. The lowest BCUT2D eigenvalue weighted by molar-refractivity contribution is 0.320. The molecule has 0 amide bonds. The average molecular weight is 284 g/mol. The second-order valence-corrected chi connectivity index (χ2v) is 5.72. The summed E-state index contributed by atoms with van der Waals surface area (Å²) < 4.78 is 5.90. The van der Waals surface area contributed by atoms with Crippen LogP contribution in [-0.4, -0.2) is 18.6 Å². The first-order valence-corrected chi connectivity index (χ1v) is 8.10. The van der Waals surface area contributed by atoms with Gasteiger partial charge in [0.15, 0.2) is 0 Å². The van der Waals surface area contributed by atoms with E-state index in [1.165, 1.54) is 41.6 Å². The highest BCUT2D eigenvalue weighted by molar-refractivity contribution is 5.96. The lowest BCUT2D eigenvalue weighted by atomic mass is 10.0. The number of ether oxygens (including phenoxy) is 1. The number of rotatable bonds is 4. The van der Waals surface area contributed by atoms with Gasteiger partial charge in [-0.15, -0.1) is 0 Å². The molecule has 1 aliphatic carbocycles. The summed E-state index contributed by atoms with van der Waals surface area (Å²) in [6.45, 7) is 2.87. The number of para-hydroxylation sites is 1. The van der Waals surface area contributed by atoms with Crippen molar-refractivity contribution in [3.8, 4) is 5.75 Å². The molecule has 0 fully saturated rings. The summed E-state index contributed by atoms with van der Waals surface area (Å²) in [7, 11) is 2.01. The van der Waals surface area contributed by atoms with E-state index in [2.05, 4.69) is 24.4 Å². The fourth-order valence-electron chi connectivity index (χ4n) is 3.21. The monoisotopic (exact) mass is 284 g/mol. The summed E-state index contributed by atoms with van der Waals surface area (Å²) >= 11 is 0. The normalized spacial score (nSPS) is 14.6. The zero-order chi connectivity index (χ0) is 14.7. The standard InChI is InChI=1S/C18H24N2O/c1-3-12-21-16-11-7-9-14-17(19-2)13-8-5-4-6-10-15(13)20-18(14)16/h7,9,11H,3-6,8,10,12H2,1-2H3,(H,19,20). The number of pyridine rings is 1. The van der Waals surface area contributed by atoms with Gasteiger partial charge in [-0.2, -0.15) is 0 Å². The third-order valence-corrected chi connectivity index (χ3v) is 4.22. The maximum Gasteiger partial charge on any atom is 0.145 e. The molecule has 112 valence electrons. The summed E-state index contributed by atoms with van der Waals surface area (Å²) in [6.07, 6.45) is 7.04. The molecule has 21 heavy (non-hydrogen) atoms. The van der Waals surface area contributed by atoms with Gasteiger partial charge in [0, 0.05) is 23.8 Å². The highest BCUT2D eigenvalue weighted by Crippen LogP contribution is 2.36. The van der Waals surface area contributed by atoms with Gasteiger partial charge < -0.3 is 10.1 Å². The molecule has 1 aliphatic rings. The minimum atomic E-state index is 0.743. The van der Waals surface area contributed by atoms with Crippen LogP contribution in [0.1, 0.15) is 43.9 Å². The lowest BCUT2D eigenvalue weighted by Gasteiger charge is -2.17. The van der Waals surface area contributed by atoms with Crippen molar-refractivity contribution in [2.24, 2.45) is 0 Å². The number of fused-ring (bicyclic) bond motifs is 2. The van der Waals surface area contributed by atoms with Crippen molar-refractivity contribution in [1.29, 1.82) is 0 Å². The topological polar surface area (TPSA) is 34.1 Å². The Labute approximate surface area is 126 Å². The molecule has 0 bridgehead atoms. The van der Waals surface area contributed by atoms with Crippen LogP contribution in [0.4, 0.5) is 5.69 Å². The Bertz CT molecular complexity index is 637. The van der Waals surface area contributed by atoms with Gasteiger partial charge in [0.2, 0.25) is 0 Å². The third kappa shape index (κ3) is 2.69. The second-order valence-electron chi connectivity index (χ2n) is 5.72. The smallest absolute Gasteiger partial charge is 0.145 e. The number of hydrogen-bond acceptors (Lipinski definition) is 3. The maximum atomic E-state index is 5.90. The average Bonchev–Trinajstić information content (AvgIpc) is 2.75. The van der Waals surface area contributed by atoms with Gasteiger partial charge in [0.05, 0.1) is 6.61 Å². The van der Waals surface area contributed by atoms with Crippen molar-refractivity contribution in [3.63, 3.8) is 0 Å². The van der Waals surface area contributed by atoms with Crippen molar-refractivity contribution >= 4 is 16.6 Å². The summed E-state index contributed by atoms with van der Waals surface area (Å²) in [5.41, 5.74) is 4.93. The predicted octanol–water partition coefficient (Wildman–Crippen LogP) is 4.33. The Morgan fingerprint density at radius 3 is 2.86 bits per heavy atom. The van der Waals surface area contributed by atoms with E-state index in [1.807, 2.05) is 13.1 Å². The van der Waals surface area contributed by atoms with Crippen LogP contribution in [-0.2, 0) is 12.8 Å². The number of nitrogens with one attached hydrogen (secondary N) is 1. The molecule has 1 N–H and O–H groups in total. The molecule has 1 aromatic carbocycles. The number of hydrogen-bond donors (Lipinski definition) is 1. The first kappa shape index (κ1) is 14.2. The van der Waals surface area contributed by atoms with E-state index in [-0.39, 0.29) is 0 Å². The Morgan fingerprint density at radius 1 is 1.19 bits per heavy atom. The molecule has 3 heteroatoms. The Hall–Kier alpha value is -1.77. The minimum absolute atomic E-state index is 0.743. The van der Waals surface area contributed by atoms with E-state index in [0.29, 0.717) is 0 Å². The number of anilines is 1. The molecule has 0 spiro atoms. The quantitative estimate of drug-likeness (QED) is 0.848. The summed E-state index contributed by atoms with van der Waals surface area (Å²) in [5, 5.41) is 4.60. The Kier molecular flexibility index (Phi) is 4.28. The van der Waals surface area contributed by atoms with Gasteiger partial charge in [0.25, 0.3) is 0 Å². The van der Waals surface area contributed by atoms with E-state index in [9.17, 15) is 0 Å². The highest BCUT2D eigenvalue weighted by atomic mass is 16.5. The van der Waals surface area contributed by atoms with Crippen molar-refractivity contribution in [2.75, 3.05) is 19.0 Å². The summed E-state index contributed by atoms with van der Waals surface area (Å²) in [6, 6.07) is 6.25. The van der Waals surface area contributed by atoms with E-state index in [1.54, 1.807) is 0 Å².